The van der Waals surface area contributed by atoms with Crippen LogP contribution in [0, 0.1) is 20.8 Å². The molecular formula is C25H26N2O5S. The number of aryl methyl sites for hydroxylation is 3. The molecule has 1 aliphatic heterocycles. The van der Waals surface area contributed by atoms with Gasteiger partial charge in [-0.2, -0.15) is 0 Å². The van der Waals surface area contributed by atoms with Gasteiger partial charge < -0.3 is 14.8 Å². The van der Waals surface area contributed by atoms with Gasteiger partial charge in [0.1, 0.15) is 12.7 Å². The molecular weight excluding hydrogens is 440 g/mol. The van der Waals surface area contributed by atoms with Crippen LogP contribution in [0.25, 0.3) is 0 Å². The Labute approximate surface area is 193 Å². The van der Waals surface area contributed by atoms with Crippen LogP contribution < -0.4 is 19.5 Å². The van der Waals surface area contributed by atoms with Crippen LogP contribution in [-0.4, -0.2) is 33.6 Å². The second kappa shape index (κ2) is 9.15. The van der Waals surface area contributed by atoms with Crippen LogP contribution in [0.3, 0.4) is 0 Å². The van der Waals surface area contributed by atoms with Crippen molar-refractivity contribution in [1.82, 2.24) is 5.32 Å². The lowest BCUT2D eigenvalue weighted by molar-refractivity contribution is 0.0789. The van der Waals surface area contributed by atoms with Crippen molar-refractivity contribution in [2.24, 2.45) is 0 Å². The minimum atomic E-state index is -3.88. The number of sulfonamides is 1. The first-order valence-electron chi connectivity index (χ1n) is 10.6. The average Bonchev–Trinajstić information content (AvgIpc) is 2.76. The van der Waals surface area contributed by atoms with Gasteiger partial charge in [-0.05, 0) is 73.9 Å². The third-order valence-electron chi connectivity index (χ3n) is 5.27. The summed E-state index contributed by atoms with van der Waals surface area (Å²) < 4.78 is 40.3. The molecule has 0 fully saturated rings. The molecule has 0 saturated carbocycles. The summed E-state index contributed by atoms with van der Waals surface area (Å²) in [5.41, 5.74) is 3.18. The highest BCUT2D eigenvalue weighted by molar-refractivity contribution is 7.92. The summed E-state index contributed by atoms with van der Waals surface area (Å²) in [5.74, 6) is 0.911. The van der Waals surface area contributed by atoms with Crippen molar-refractivity contribution >= 4 is 21.6 Å². The minimum Gasteiger partial charge on any atom is -0.486 e. The maximum Gasteiger partial charge on any atom is 0.262 e. The van der Waals surface area contributed by atoms with E-state index in [1.54, 1.807) is 31.2 Å². The van der Waals surface area contributed by atoms with Gasteiger partial charge in [0.15, 0.2) is 11.5 Å². The summed E-state index contributed by atoms with van der Waals surface area (Å²) in [6.07, 6.45) is -0.344. The van der Waals surface area contributed by atoms with Crippen molar-refractivity contribution in [2.75, 3.05) is 17.9 Å². The number of ether oxygens (including phenoxy) is 2. The van der Waals surface area contributed by atoms with E-state index < -0.39 is 10.0 Å². The van der Waals surface area contributed by atoms with E-state index in [1.165, 1.54) is 6.07 Å². The fourth-order valence-electron chi connectivity index (χ4n) is 3.75. The highest BCUT2D eigenvalue weighted by Crippen LogP contribution is 2.30. The lowest BCUT2D eigenvalue weighted by atomic mass is 10.1. The Balaban J connectivity index is 1.46. The van der Waals surface area contributed by atoms with Crippen LogP contribution >= 0.6 is 0 Å². The Kier molecular flexibility index (Phi) is 6.29. The zero-order valence-electron chi connectivity index (χ0n) is 18.7. The van der Waals surface area contributed by atoms with Gasteiger partial charge in [0.05, 0.1) is 11.4 Å². The first-order chi connectivity index (χ1) is 15.7. The second-order valence-corrected chi connectivity index (χ2v) is 9.82. The lowest BCUT2D eigenvalue weighted by Crippen LogP contribution is -2.40. The maximum atomic E-state index is 13.1. The smallest absolute Gasteiger partial charge is 0.262 e. The fourth-order valence-corrected chi connectivity index (χ4v) is 5.06. The van der Waals surface area contributed by atoms with Gasteiger partial charge >= 0.3 is 0 Å². The van der Waals surface area contributed by atoms with E-state index in [0.29, 0.717) is 29.4 Å². The van der Waals surface area contributed by atoms with E-state index in [-0.39, 0.29) is 29.0 Å². The Morgan fingerprint density at radius 2 is 1.67 bits per heavy atom. The fraction of sp³-hybridized carbons (Fsp3) is 0.240. The third-order valence-corrected chi connectivity index (χ3v) is 6.79. The summed E-state index contributed by atoms with van der Waals surface area (Å²) in [6, 6.07) is 17.5. The summed E-state index contributed by atoms with van der Waals surface area (Å²) in [5, 5.41) is 2.80. The number of nitrogens with one attached hydrogen (secondary N) is 2. The molecule has 3 aromatic rings. The van der Waals surface area contributed by atoms with E-state index in [0.717, 1.165) is 11.1 Å². The van der Waals surface area contributed by atoms with Gasteiger partial charge in [0, 0.05) is 11.3 Å². The SMILES string of the molecule is Cc1cc(C)cc(NS(=O)(=O)c2cc(C(=O)NC[C@@H]3COc4ccccc4O3)ccc2C)c1. The molecule has 0 saturated heterocycles. The molecule has 3 aromatic carbocycles. The molecule has 2 N–H and O–H groups in total. The maximum absolute atomic E-state index is 13.1. The largest absolute Gasteiger partial charge is 0.486 e. The molecule has 1 heterocycles. The minimum absolute atomic E-state index is 0.0560. The summed E-state index contributed by atoms with van der Waals surface area (Å²) >= 11 is 0. The molecule has 33 heavy (non-hydrogen) atoms. The van der Waals surface area contributed by atoms with E-state index >= 15 is 0 Å². The van der Waals surface area contributed by atoms with E-state index in [4.69, 9.17) is 9.47 Å². The molecule has 0 spiro atoms. The van der Waals surface area contributed by atoms with Crippen molar-refractivity contribution in [2.45, 2.75) is 31.8 Å². The molecule has 1 amide bonds. The van der Waals surface area contributed by atoms with E-state index in [9.17, 15) is 13.2 Å². The Bertz CT molecular complexity index is 1280. The van der Waals surface area contributed by atoms with E-state index in [1.807, 2.05) is 44.2 Å². The number of hydrogen-bond acceptors (Lipinski definition) is 5. The van der Waals surface area contributed by atoms with Gasteiger partial charge in [0.2, 0.25) is 0 Å². The Hall–Kier alpha value is -3.52. The van der Waals surface area contributed by atoms with E-state index in [2.05, 4.69) is 10.0 Å². The van der Waals surface area contributed by atoms with Crippen molar-refractivity contribution < 1.29 is 22.7 Å². The van der Waals surface area contributed by atoms with Gasteiger partial charge in [-0.25, -0.2) is 8.42 Å². The van der Waals surface area contributed by atoms with Crippen LogP contribution in [0.1, 0.15) is 27.0 Å². The third kappa shape index (κ3) is 5.28. The Morgan fingerprint density at radius 1 is 0.970 bits per heavy atom. The quantitative estimate of drug-likeness (QED) is 0.573. The number of benzene rings is 3. The highest BCUT2D eigenvalue weighted by atomic mass is 32.2. The number of carbonyl (C=O) groups is 1. The zero-order chi connectivity index (χ0) is 23.6. The number of fused-ring (bicyclic) bond motifs is 1. The molecule has 8 heteroatoms. The molecule has 1 atom stereocenters. The standard InChI is InChI=1S/C25H26N2O5S/c1-16-10-17(2)12-20(11-16)27-33(29,30)24-13-19(9-8-18(24)3)25(28)26-14-21-15-31-22-6-4-5-7-23(22)32-21/h4-13,21,27H,14-15H2,1-3H3,(H,26,28)/t21-/m1/s1. The molecule has 1 aliphatic rings. The van der Waals surface area contributed by atoms with Gasteiger partial charge in [-0.15, -0.1) is 0 Å². The Morgan fingerprint density at radius 3 is 2.39 bits per heavy atom. The van der Waals surface area contributed by atoms with Crippen molar-refractivity contribution in [3.8, 4) is 11.5 Å². The molecule has 4 rings (SSSR count). The molecule has 7 nitrogen and oxygen atoms in total. The normalized spacial score (nSPS) is 15.1. The van der Waals surface area contributed by atoms with Crippen LogP contribution in [0.15, 0.2) is 65.6 Å². The average molecular weight is 467 g/mol. The monoisotopic (exact) mass is 466 g/mol. The van der Waals surface area contributed by atoms with Gasteiger partial charge in [-0.3, -0.25) is 9.52 Å². The number of para-hydroxylation sites is 2. The molecule has 0 aliphatic carbocycles. The predicted molar refractivity (Wildman–Crippen MR) is 127 cm³/mol. The first kappa shape index (κ1) is 22.7. The van der Waals surface area contributed by atoms with Crippen LogP contribution in [-0.2, 0) is 10.0 Å². The molecule has 172 valence electrons. The highest BCUT2D eigenvalue weighted by Gasteiger charge is 2.23. The van der Waals surface area contributed by atoms with Crippen molar-refractivity contribution in [1.29, 1.82) is 0 Å². The van der Waals surface area contributed by atoms with Crippen LogP contribution in [0.2, 0.25) is 0 Å². The number of rotatable bonds is 6. The summed E-state index contributed by atoms with van der Waals surface area (Å²) in [7, 11) is -3.88. The molecule has 0 aromatic heterocycles. The van der Waals surface area contributed by atoms with Gasteiger partial charge in [-0.1, -0.05) is 24.3 Å². The topological polar surface area (TPSA) is 93.7 Å². The van der Waals surface area contributed by atoms with Gasteiger partial charge in [0.25, 0.3) is 15.9 Å². The number of anilines is 1. The zero-order valence-corrected chi connectivity index (χ0v) is 19.5. The number of amides is 1. The molecule has 0 bridgehead atoms. The number of hydrogen-bond donors (Lipinski definition) is 2. The van der Waals surface area contributed by atoms with Crippen molar-refractivity contribution in [3.05, 3.63) is 82.9 Å². The molecule has 0 radical (unpaired) electrons. The second-order valence-electron chi connectivity index (χ2n) is 8.17. The van der Waals surface area contributed by atoms with Crippen molar-refractivity contribution in [3.63, 3.8) is 0 Å². The summed E-state index contributed by atoms with van der Waals surface area (Å²) in [4.78, 5) is 12.8. The number of carbonyl (C=O) groups excluding carboxylic acids is 1. The summed E-state index contributed by atoms with van der Waals surface area (Å²) in [6.45, 7) is 6.04. The lowest BCUT2D eigenvalue weighted by Gasteiger charge is -2.26. The predicted octanol–water partition coefficient (Wildman–Crippen LogP) is 3.98. The first-order valence-corrected chi connectivity index (χ1v) is 12.1. The molecule has 0 unspecified atom stereocenters. The van der Waals surface area contributed by atoms with Crippen LogP contribution in [0.5, 0.6) is 11.5 Å². The van der Waals surface area contributed by atoms with Crippen LogP contribution in [0.4, 0.5) is 5.69 Å².